The van der Waals surface area contributed by atoms with E-state index in [2.05, 4.69) is 6.07 Å². The normalized spacial score (nSPS) is 11.1. The van der Waals surface area contributed by atoms with Gasteiger partial charge >= 0.3 is 0 Å². The van der Waals surface area contributed by atoms with Crippen LogP contribution in [-0.4, -0.2) is 0 Å². The number of hydrogen-bond acceptors (Lipinski definition) is 2. The Balaban J connectivity index is 2.41. The second kappa shape index (κ2) is 4.98. The minimum atomic E-state index is 0.630. The monoisotopic (exact) mass is 245 g/mol. The molecule has 0 saturated heterocycles. The highest BCUT2D eigenvalue weighted by Gasteiger charge is 2.01. The lowest BCUT2D eigenvalue weighted by atomic mass is 10.1. The van der Waals surface area contributed by atoms with Crippen molar-refractivity contribution >= 4 is 34.6 Å². The van der Waals surface area contributed by atoms with E-state index in [9.17, 15) is 0 Å². The van der Waals surface area contributed by atoms with E-state index in [1.165, 1.54) is 0 Å². The van der Waals surface area contributed by atoms with Gasteiger partial charge in [0.2, 0.25) is 0 Å². The number of nitriles is 1. The molecule has 0 aliphatic carbocycles. The Morgan fingerprint density at radius 1 is 1.31 bits per heavy atom. The van der Waals surface area contributed by atoms with Gasteiger partial charge < -0.3 is 0 Å². The molecular formula is C13H8ClNS. The standard InChI is InChI=1S/C13H8ClNS/c14-12-4-1-3-10(7-12)11(9-15)8-13-5-2-6-16-13/h1-8H/b11-8+. The van der Waals surface area contributed by atoms with Gasteiger partial charge in [0.25, 0.3) is 0 Å². The van der Waals surface area contributed by atoms with E-state index < -0.39 is 0 Å². The topological polar surface area (TPSA) is 23.8 Å². The third-order valence-electron chi connectivity index (χ3n) is 2.09. The van der Waals surface area contributed by atoms with Crippen LogP contribution in [0.2, 0.25) is 5.02 Å². The molecule has 0 saturated carbocycles. The average molecular weight is 246 g/mol. The van der Waals surface area contributed by atoms with Crippen LogP contribution in [-0.2, 0) is 0 Å². The van der Waals surface area contributed by atoms with Gasteiger partial charge in [0.15, 0.2) is 0 Å². The summed E-state index contributed by atoms with van der Waals surface area (Å²) in [6.07, 6.45) is 1.87. The van der Waals surface area contributed by atoms with Crippen molar-refractivity contribution in [2.45, 2.75) is 0 Å². The number of thiophene rings is 1. The third-order valence-corrected chi connectivity index (χ3v) is 3.14. The number of hydrogen-bond donors (Lipinski definition) is 0. The van der Waals surface area contributed by atoms with Crippen LogP contribution in [0.5, 0.6) is 0 Å². The summed E-state index contributed by atoms with van der Waals surface area (Å²) in [6, 6.07) is 13.5. The van der Waals surface area contributed by atoms with E-state index in [1.54, 1.807) is 23.5 Å². The Labute approximate surface area is 103 Å². The van der Waals surface area contributed by atoms with E-state index in [0.717, 1.165) is 10.4 Å². The van der Waals surface area contributed by atoms with E-state index in [1.807, 2.05) is 35.7 Å². The van der Waals surface area contributed by atoms with E-state index in [0.29, 0.717) is 10.6 Å². The highest BCUT2D eigenvalue weighted by Crippen LogP contribution is 2.22. The average Bonchev–Trinajstić information content (AvgIpc) is 2.78. The first kappa shape index (κ1) is 10.9. The van der Waals surface area contributed by atoms with Crippen LogP contribution >= 0.6 is 22.9 Å². The lowest BCUT2D eigenvalue weighted by molar-refractivity contribution is 1.52. The molecule has 0 fully saturated rings. The SMILES string of the molecule is N#C/C(=C\c1cccs1)c1cccc(Cl)c1. The van der Waals surface area contributed by atoms with Crippen LogP contribution in [0.15, 0.2) is 41.8 Å². The number of allylic oxidation sites excluding steroid dienone is 1. The number of nitrogens with zero attached hydrogens (tertiary/aromatic N) is 1. The van der Waals surface area contributed by atoms with Gasteiger partial charge in [0, 0.05) is 9.90 Å². The fourth-order valence-electron chi connectivity index (χ4n) is 1.35. The first-order chi connectivity index (χ1) is 7.79. The minimum Gasteiger partial charge on any atom is -0.192 e. The van der Waals surface area contributed by atoms with Crippen molar-refractivity contribution in [3.05, 3.63) is 57.2 Å². The molecule has 3 heteroatoms. The van der Waals surface area contributed by atoms with Gasteiger partial charge in [0.1, 0.15) is 0 Å². The lowest BCUT2D eigenvalue weighted by Crippen LogP contribution is -1.80. The Hall–Kier alpha value is -1.56. The fraction of sp³-hybridized carbons (Fsp3) is 0. The van der Waals surface area contributed by atoms with Crippen molar-refractivity contribution in [2.75, 3.05) is 0 Å². The molecule has 1 nitrogen and oxygen atoms in total. The van der Waals surface area contributed by atoms with Gasteiger partial charge in [-0.3, -0.25) is 0 Å². The van der Waals surface area contributed by atoms with Gasteiger partial charge in [-0.05, 0) is 35.2 Å². The zero-order valence-corrected chi connectivity index (χ0v) is 9.92. The summed E-state index contributed by atoms with van der Waals surface area (Å²) in [5.74, 6) is 0. The van der Waals surface area contributed by atoms with Crippen LogP contribution in [0.1, 0.15) is 10.4 Å². The fourth-order valence-corrected chi connectivity index (χ4v) is 2.20. The molecule has 0 aliphatic heterocycles. The lowest BCUT2D eigenvalue weighted by Gasteiger charge is -1.98. The maximum atomic E-state index is 9.11. The largest absolute Gasteiger partial charge is 0.192 e. The molecule has 1 heterocycles. The van der Waals surface area contributed by atoms with E-state index in [-0.39, 0.29) is 0 Å². The smallest absolute Gasteiger partial charge is 0.0998 e. The third kappa shape index (κ3) is 2.52. The highest BCUT2D eigenvalue weighted by atomic mass is 35.5. The number of rotatable bonds is 2. The quantitative estimate of drug-likeness (QED) is 0.717. The Morgan fingerprint density at radius 3 is 2.81 bits per heavy atom. The second-order valence-corrected chi connectivity index (χ2v) is 4.61. The zero-order valence-electron chi connectivity index (χ0n) is 8.35. The molecule has 0 atom stereocenters. The van der Waals surface area contributed by atoms with Crippen LogP contribution in [0, 0.1) is 11.3 Å². The van der Waals surface area contributed by atoms with Gasteiger partial charge in [-0.15, -0.1) is 11.3 Å². The van der Waals surface area contributed by atoms with Crippen molar-refractivity contribution < 1.29 is 0 Å². The van der Waals surface area contributed by atoms with Gasteiger partial charge in [-0.2, -0.15) is 5.26 Å². The molecule has 78 valence electrons. The molecule has 16 heavy (non-hydrogen) atoms. The molecule has 0 amide bonds. The molecule has 0 bridgehead atoms. The van der Waals surface area contributed by atoms with Gasteiger partial charge in [-0.25, -0.2) is 0 Å². The first-order valence-electron chi connectivity index (χ1n) is 4.71. The first-order valence-corrected chi connectivity index (χ1v) is 5.96. The van der Waals surface area contributed by atoms with Crippen molar-refractivity contribution in [1.82, 2.24) is 0 Å². The highest BCUT2D eigenvalue weighted by molar-refractivity contribution is 7.10. The molecule has 0 N–H and O–H groups in total. The predicted molar refractivity (Wildman–Crippen MR) is 69.3 cm³/mol. The summed E-state index contributed by atoms with van der Waals surface area (Å²) in [5.41, 5.74) is 1.48. The second-order valence-electron chi connectivity index (χ2n) is 3.20. The van der Waals surface area contributed by atoms with Crippen molar-refractivity contribution in [2.24, 2.45) is 0 Å². The number of halogens is 1. The molecule has 1 aromatic heterocycles. The van der Waals surface area contributed by atoms with E-state index >= 15 is 0 Å². The maximum absolute atomic E-state index is 9.11. The molecule has 0 unspecified atom stereocenters. The maximum Gasteiger partial charge on any atom is 0.0998 e. The molecule has 2 rings (SSSR count). The zero-order chi connectivity index (χ0) is 11.4. The van der Waals surface area contributed by atoms with Crippen LogP contribution in [0.3, 0.4) is 0 Å². The van der Waals surface area contributed by atoms with Crippen molar-refractivity contribution in [3.8, 4) is 6.07 Å². The van der Waals surface area contributed by atoms with Gasteiger partial charge in [-0.1, -0.05) is 29.8 Å². The summed E-state index contributed by atoms with van der Waals surface area (Å²) < 4.78 is 0. The van der Waals surface area contributed by atoms with Crippen molar-refractivity contribution in [3.63, 3.8) is 0 Å². The molecule has 0 spiro atoms. The molecule has 0 aliphatic rings. The Bertz CT molecular complexity index is 550. The van der Waals surface area contributed by atoms with Crippen LogP contribution in [0.4, 0.5) is 0 Å². The Morgan fingerprint density at radius 2 is 2.19 bits per heavy atom. The minimum absolute atomic E-state index is 0.630. The van der Waals surface area contributed by atoms with Crippen molar-refractivity contribution in [1.29, 1.82) is 5.26 Å². The summed E-state index contributed by atoms with van der Waals surface area (Å²) in [7, 11) is 0. The molecule has 2 aromatic rings. The van der Waals surface area contributed by atoms with Gasteiger partial charge in [0.05, 0.1) is 11.6 Å². The van der Waals surface area contributed by atoms with E-state index in [4.69, 9.17) is 16.9 Å². The molecule has 1 aromatic carbocycles. The summed E-state index contributed by atoms with van der Waals surface area (Å²) >= 11 is 7.50. The van der Waals surface area contributed by atoms with Crippen LogP contribution < -0.4 is 0 Å². The summed E-state index contributed by atoms with van der Waals surface area (Å²) in [6.45, 7) is 0. The Kier molecular flexibility index (Phi) is 3.40. The summed E-state index contributed by atoms with van der Waals surface area (Å²) in [5, 5.41) is 11.7. The van der Waals surface area contributed by atoms with Crippen LogP contribution in [0.25, 0.3) is 11.6 Å². The number of benzene rings is 1. The predicted octanol–water partition coefficient (Wildman–Crippen LogP) is 4.47. The molecule has 0 radical (unpaired) electrons. The molecular weight excluding hydrogens is 238 g/mol. The summed E-state index contributed by atoms with van der Waals surface area (Å²) in [4.78, 5) is 1.07.